The Morgan fingerprint density at radius 2 is 1.03 bits per heavy atom. The molecule has 15 N–H and O–H groups in total. The van der Waals surface area contributed by atoms with Gasteiger partial charge in [-0.25, -0.2) is 59.2 Å². The number of nitrogens with one attached hydrogen (secondary N) is 2. The molecule has 11 aromatic rings. The molecule has 3 aromatic carbocycles. The molecule has 50 heteroatoms. The summed E-state index contributed by atoms with van der Waals surface area (Å²) in [6.45, 7) is 0.490. The van der Waals surface area contributed by atoms with Gasteiger partial charge in [0.1, 0.15) is 60.7 Å². The van der Waals surface area contributed by atoms with Gasteiger partial charge in [-0.05, 0) is 153 Å². The maximum Gasteiger partial charge on any atom is 0.333 e. The third-order valence-corrected chi connectivity index (χ3v) is 27.1. The van der Waals surface area contributed by atoms with Crippen molar-refractivity contribution in [2.75, 3.05) is 44.2 Å². The second-order valence-electron chi connectivity index (χ2n) is 34.7. The lowest BCUT2D eigenvalue weighted by atomic mass is 9.95. The van der Waals surface area contributed by atoms with E-state index in [2.05, 4.69) is 89.4 Å². The lowest BCUT2D eigenvalue weighted by Crippen LogP contribution is -2.36. The Morgan fingerprint density at radius 1 is 0.496 bits per heavy atom. The predicted molar refractivity (Wildman–Crippen MR) is 505 cm³/mol. The molecule has 5 aliphatic carbocycles. The molecule has 8 aromatic heterocycles. The van der Waals surface area contributed by atoms with Crippen LogP contribution in [0.5, 0.6) is 5.75 Å². The van der Waals surface area contributed by atoms with E-state index in [-0.39, 0.29) is 120 Å². The molecule has 0 aliphatic heterocycles. The number of halogens is 4. The van der Waals surface area contributed by atoms with E-state index < -0.39 is 120 Å². The van der Waals surface area contributed by atoms with Crippen LogP contribution in [-0.4, -0.2) is 233 Å². The van der Waals surface area contributed by atoms with Crippen molar-refractivity contribution in [3.05, 3.63) is 267 Å². The number of benzene rings is 3. The number of hydrogen-bond donors (Lipinski definition) is 11. The number of rotatable bonds is 37. The van der Waals surface area contributed by atoms with Crippen molar-refractivity contribution in [2.45, 2.75) is 158 Å². The van der Waals surface area contributed by atoms with Crippen LogP contribution in [0.4, 0.5) is 20.3 Å². The number of hydrogen-bond acceptors (Lipinski definition) is 34. The van der Waals surface area contributed by atoms with E-state index in [9.17, 15) is 87.2 Å². The summed E-state index contributed by atoms with van der Waals surface area (Å²) in [6.07, 6.45) is 21.0. The zero-order valence-electron chi connectivity index (χ0n) is 75.6. The molecule has 0 unspecified atom stereocenters. The summed E-state index contributed by atoms with van der Waals surface area (Å²) in [7, 11) is -15.2. The summed E-state index contributed by atoms with van der Waals surface area (Å²) in [5, 5.41) is 91.1. The average Bonchev–Trinajstić information content (AvgIpc) is 1.70. The summed E-state index contributed by atoms with van der Waals surface area (Å²) in [5.74, 6) is 2.69. The minimum Gasteiger partial charge on any atom is -0.494 e. The molecule has 5 saturated carbocycles. The van der Waals surface area contributed by atoms with Gasteiger partial charge >= 0.3 is 41.2 Å². The SMILES string of the molecule is COc1cc(Cn2ccc(C(=O)c3cncnc3C[C@@H]3C[C@H](COS(N)(=O)=O)[C@@H](O)[C@@H]3F)c2)ccc1F.NS(=O)(=O)OC[C@H]1C[C@@H](Cc2ncncc2C(=O)c2ccn(CC#CCC3CCCC3)n2)C[C@@H]1O.NS(=O)(=O)OC[C@H]1C[C@@H](Nc2ccncc2C(=O)c2ccn(Cc3ccccc3)n2)[C@H](O)[C@@H]1O.NS(=O)(=O)OC[C@H]1C[C@@H](Nc2ncncc2C(=O)c2ccn(Cc3ccc(Cl)c(Cl)c3)n2)C[C@@H]1O. The van der Waals surface area contributed by atoms with Crippen LogP contribution in [0, 0.1) is 59.1 Å². The Labute approximate surface area is 820 Å². The second kappa shape index (κ2) is 48.4. The highest BCUT2D eigenvalue weighted by atomic mass is 35.5. The minimum atomic E-state index is -4.22. The number of pyridine rings is 1. The van der Waals surface area contributed by atoms with Gasteiger partial charge in [0.25, 0.3) is 0 Å². The lowest BCUT2D eigenvalue weighted by Gasteiger charge is -2.20. The summed E-state index contributed by atoms with van der Waals surface area (Å²) < 4.78 is 147. The normalized spacial score (nSPS) is 21.8. The molecule has 752 valence electrons. The molecule has 0 saturated heterocycles. The van der Waals surface area contributed by atoms with E-state index in [4.69, 9.17) is 48.5 Å². The van der Waals surface area contributed by atoms with Gasteiger partial charge in [-0.15, -0.1) is 5.92 Å². The molecule has 0 bridgehead atoms. The first-order valence-corrected chi connectivity index (χ1v) is 51.1. The number of nitrogens with two attached hydrogens (primary N) is 4. The fourth-order valence-corrected chi connectivity index (χ4v) is 19.2. The number of ether oxygens (including phenoxy) is 1. The van der Waals surface area contributed by atoms with Gasteiger partial charge in [0.05, 0.1) is 121 Å². The van der Waals surface area contributed by atoms with Crippen LogP contribution in [0.25, 0.3) is 0 Å². The first kappa shape index (κ1) is 107. The summed E-state index contributed by atoms with van der Waals surface area (Å²) in [4.78, 5) is 81.4. The molecule has 14 atom stereocenters. The number of ketones is 4. The Bertz CT molecular complexity index is 6760. The Kier molecular flexibility index (Phi) is 36.6. The topological polar surface area (TPSA) is 629 Å². The van der Waals surface area contributed by atoms with Gasteiger partial charge in [-0.2, -0.15) is 49.0 Å². The maximum atomic E-state index is 14.8. The second-order valence-corrected chi connectivity index (χ2v) is 40.4. The molecule has 0 radical (unpaired) electrons. The van der Waals surface area contributed by atoms with Crippen molar-refractivity contribution in [1.82, 2.24) is 68.8 Å². The van der Waals surface area contributed by atoms with Crippen molar-refractivity contribution in [2.24, 2.45) is 62.0 Å². The van der Waals surface area contributed by atoms with Gasteiger partial charge in [-0.3, -0.25) is 54.9 Å². The van der Waals surface area contributed by atoms with Crippen LogP contribution >= 0.6 is 23.2 Å². The molecular formula is C91H104Cl2F2N20O22S4. The Morgan fingerprint density at radius 3 is 1.65 bits per heavy atom. The fourth-order valence-electron chi connectivity index (χ4n) is 17.5. The molecule has 16 rings (SSSR count). The quantitative estimate of drug-likeness (QED) is 0.0162. The highest BCUT2D eigenvalue weighted by Crippen LogP contribution is 2.40. The number of aliphatic hydroxyl groups is 5. The zero-order chi connectivity index (χ0) is 101. The third kappa shape index (κ3) is 30.7. The fraction of sp³-hybridized carbons (Fsp3) is 0.407. The van der Waals surface area contributed by atoms with Crippen molar-refractivity contribution >= 4 is 99.1 Å². The van der Waals surface area contributed by atoms with E-state index in [0.717, 1.165) is 23.1 Å². The van der Waals surface area contributed by atoms with Gasteiger partial charge in [-0.1, -0.05) is 84.4 Å². The first-order chi connectivity index (χ1) is 67.1. The minimum absolute atomic E-state index is 0.00762. The monoisotopic (exact) mass is 2060 g/mol. The number of alkyl halides is 1. The van der Waals surface area contributed by atoms with E-state index in [1.807, 2.05) is 36.4 Å². The summed E-state index contributed by atoms with van der Waals surface area (Å²) in [5.41, 5.74) is 6.07. The standard InChI is InChI=1S/C24H26F2N4O6S.C24H31N5O5S.C22H25N5O6S.C21H22Cl2N6O5S/c1-35-21-6-14(2-3-19(21)25)10-30-5-4-15(11-30)23(31)18-9-28-13-29-20(18)8-16-7-17(24(32)22(16)26)12-36-37(27,33)34;25-35(32,33)34-15-19-11-18(13-23(19)30)12-22-20(14-26-16-27-22)24(31)21-8-10-29(28-21)9-4-3-7-17-5-1-2-6-17;23-34(31,32)33-13-15-10-19(22(30)20(15)28)25-17-6-8-24-11-16(17)21(29)18-7-9-27(26-18)12-14-4-2-1-3-5-14;22-16-2-1-12(5-17(16)23)9-29-4-3-18(28-29)20(31)15-8-25-11-26-21(15)27-14-6-13(19(30)7-14)10-34-35(24,32)33/h2-6,9,11,13,16-17,22,24,32H,7-8,10,12H2,1H3,(H2,27,33,34);8,10,14,16-19,23,30H,1-2,5-7,9,11-13,15H2,(H2,25,32,33);1-9,11,15,19-20,22,28,30H,10,12-13H2,(H,24,25)(H2,23,31,32);1-5,8,11,13-14,19,30H,6-7,9-10H2,(H2,24,32,33)(H,25,26,27)/t16-,17+,22+,24+;18-,19+,23-;15-,19-,20-,22+;13-,14-,19+/m0011/s1. The number of methoxy groups -OCH3 is 1. The van der Waals surface area contributed by atoms with Crippen LogP contribution < -0.4 is 35.9 Å². The number of nitrogens with zero attached hydrogens (tertiary/aromatic N) is 14. The van der Waals surface area contributed by atoms with Crippen molar-refractivity contribution in [3.8, 4) is 17.6 Å². The molecule has 0 amide bonds. The van der Waals surface area contributed by atoms with Gasteiger partial charge < -0.3 is 45.5 Å². The Hall–Kier alpha value is -11.7. The Balaban J connectivity index is 0.000000158. The molecule has 42 nitrogen and oxygen atoms in total. The average molecular weight is 2070 g/mol. The van der Waals surface area contributed by atoms with E-state index in [0.29, 0.717) is 108 Å². The van der Waals surface area contributed by atoms with Crippen LogP contribution in [0.2, 0.25) is 10.0 Å². The van der Waals surface area contributed by atoms with Crippen LogP contribution in [0.1, 0.15) is 163 Å². The van der Waals surface area contributed by atoms with Crippen molar-refractivity contribution in [1.29, 1.82) is 0 Å². The first-order valence-electron chi connectivity index (χ1n) is 44.4. The highest BCUT2D eigenvalue weighted by Gasteiger charge is 2.46. The summed E-state index contributed by atoms with van der Waals surface area (Å²) >= 11 is 12.0. The molecule has 5 fully saturated rings. The van der Waals surface area contributed by atoms with E-state index >= 15 is 0 Å². The van der Waals surface area contributed by atoms with E-state index in [1.54, 1.807) is 104 Å². The maximum absolute atomic E-state index is 14.8. The van der Waals surface area contributed by atoms with Gasteiger partial charge in [0.15, 0.2) is 17.3 Å². The zero-order valence-corrected chi connectivity index (χ0v) is 80.4. The molecule has 5 aliphatic rings. The van der Waals surface area contributed by atoms with E-state index in [1.165, 1.54) is 88.8 Å². The van der Waals surface area contributed by atoms with Crippen molar-refractivity contribution < 1.29 is 109 Å². The number of anilines is 2. The molecule has 0 spiro atoms. The molecule has 8 heterocycles. The van der Waals surface area contributed by atoms with Crippen LogP contribution in [0.15, 0.2) is 178 Å². The smallest absolute Gasteiger partial charge is 0.333 e. The van der Waals surface area contributed by atoms with Crippen molar-refractivity contribution in [3.63, 3.8) is 0 Å². The third-order valence-electron chi connectivity index (χ3n) is 24.5. The number of carbonyl (C=O) groups excluding carboxylic acids is 4. The molecular weight excluding hydrogens is 1960 g/mol. The number of aromatic nitrogens is 14. The number of carbonyl (C=O) groups is 4. The lowest BCUT2D eigenvalue weighted by molar-refractivity contribution is 0.00780. The summed E-state index contributed by atoms with van der Waals surface area (Å²) in [6, 6.07) is 26.6. The van der Waals surface area contributed by atoms with Crippen LogP contribution in [0.3, 0.4) is 0 Å². The number of aliphatic hydroxyl groups excluding tert-OH is 5. The predicted octanol–water partition coefficient (Wildman–Crippen LogP) is 5.77. The van der Waals surface area contributed by atoms with Crippen LogP contribution in [-0.2, 0) is 97.0 Å². The highest BCUT2D eigenvalue weighted by molar-refractivity contribution is 7.85. The van der Waals surface area contributed by atoms with Gasteiger partial charge in [0.2, 0.25) is 17.3 Å². The largest absolute Gasteiger partial charge is 0.494 e. The molecule has 141 heavy (non-hydrogen) atoms. The van der Waals surface area contributed by atoms with Gasteiger partial charge in [0, 0.05) is 116 Å².